The van der Waals surface area contributed by atoms with E-state index in [1.165, 1.54) is 5.56 Å². The molecule has 1 heterocycles. The number of nitriles is 1. The maximum absolute atomic E-state index is 6.50. The Kier molecular flexibility index (Phi) is 4.76. The highest BCUT2D eigenvalue weighted by molar-refractivity contribution is 5.13. The zero-order valence-electron chi connectivity index (χ0n) is 6.86. The predicted molar refractivity (Wildman–Crippen MR) is 45.0 cm³/mol. The Morgan fingerprint density at radius 2 is 1.73 bits per heavy atom. The van der Waals surface area contributed by atoms with Gasteiger partial charge in [-0.15, -0.1) is 0 Å². The number of pyridine rings is 1. The molecule has 0 aliphatic carbocycles. The average molecular weight is 148 g/mol. The van der Waals surface area contributed by atoms with Gasteiger partial charge in [0.15, 0.2) is 0 Å². The quantitative estimate of drug-likeness (QED) is 0.613. The molecule has 0 bridgehead atoms. The molecule has 1 aromatic rings. The number of hydrogen-bond donors (Lipinski definition) is 0. The van der Waals surface area contributed by atoms with Gasteiger partial charge >= 0.3 is 0 Å². The summed E-state index contributed by atoms with van der Waals surface area (Å²) in [7, 11) is 0. The van der Waals surface area contributed by atoms with Gasteiger partial charge in [-0.3, -0.25) is 4.98 Å². The van der Waals surface area contributed by atoms with E-state index in [1.807, 2.05) is 24.5 Å². The predicted octanol–water partition coefficient (Wildman–Crippen LogP) is 2.34. The molecule has 58 valence electrons. The first-order valence-corrected chi connectivity index (χ1v) is 3.46. The monoisotopic (exact) mass is 148 g/mol. The van der Waals surface area contributed by atoms with Crippen LogP contribution in [0.5, 0.6) is 0 Å². The van der Waals surface area contributed by atoms with Gasteiger partial charge < -0.3 is 0 Å². The molecule has 0 amide bonds. The second-order valence-corrected chi connectivity index (χ2v) is 2.44. The molecule has 0 aliphatic heterocycles. The molecule has 2 heteroatoms. The van der Waals surface area contributed by atoms with Crippen LogP contribution in [0.25, 0.3) is 0 Å². The Hall–Kier alpha value is -1.36. The van der Waals surface area contributed by atoms with Crippen molar-refractivity contribution in [3.8, 4) is 6.57 Å². The molecular weight excluding hydrogens is 136 g/mol. The van der Waals surface area contributed by atoms with E-state index in [1.54, 1.807) is 0 Å². The average Bonchev–Trinajstić information content (AvgIpc) is 2.10. The Bertz CT molecular complexity index is 201. The van der Waals surface area contributed by atoms with Crippen LogP contribution in [0.15, 0.2) is 24.5 Å². The molecule has 0 radical (unpaired) electrons. The summed E-state index contributed by atoms with van der Waals surface area (Å²) in [5.74, 6) is 0.619. The second-order valence-electron chi connectivity index (χ2n) is 2.44. The third kappa shape index (κ3) is 3.36. The lowest BCUT2D eigenvalue weighted by molar-refractivity contribution is 0.863. The molecule has 1 aromatic heterocycles. The fourth-order valence-corrected chi connectivity index (χ4v) is 0.748. The molecule has 0 unspecified atom stereocenters. The summed E-state index contributed by atoms with van der Waals surface area (Å²) in [5.41, 5.74) is 1.35. The van der Waals surface area contributed by atoms with Gasteiger partial charge in [0.1, 0.15) is 0 Å². The number of nitrogens with zero attached hydrogens (tertiary/aromatic N) is 2. The zero-order chi connectivity index (χ0) is 8.69. The van der Waals surface area contributed by atoms with Crippen LogP contribution in [0.2, 0.25) is 0 Å². The minimum absolute atomic E-state index is 0.619. The van der Waals surface area contributed by atoms with Gasteiger partial charge in [0, 0.05) is 19.0 Å². The summed E-state index contributed by atoms with van der Waals surface area (Å²) in [6.07, 6.45) is 3.66. The highest BCUT2D eigenvalue weighted by atomic mass is 14.6. The van der Waals surface area contributed by atoms with Crippen LogP contribution >= 0.6 is 0 Å². The van der Waals surface area contributed by atoms with E-state index in [0.29, 0.717) is 5.92 Å². The minimum Gasteiger partial charge on any atom is -0.265 e. The highest BCUT2D eigenvalue weighted by Crippen LogP contribution is 2.10. The summed E-state index contributed by atoms with van der Waals surface area (Å²) in [5, 5.41) is 6.50. The smallest absolute Gasteiger partial charge is 0.0462 e. The zero-order valence-corrected chi connectivity index (χ0v) is 6.86. The topological polar surface area (TPSA) is 36.7 Å². The lowest BCUT2D eigenvalue weighted by Crippen LogP contribution is -1.85. The molecule has 2 nitrogen and oxygen atoms in total. The van der Waals surface area contributed by atoms with Crippen molar-refractivity contribution in [3.63, 3.8) is 0 Å². The number of hydrogen-bond acceptors (Lipinski definition) is 2. The van der Waals surface area contributed by atoms with Gasteiger partial charge in [0.05, 0.1) is 0 Å². The molecule has 1 rings (SSSR count). The second kappa shape index (κ2) is 5.43. The van der Waals surface area contributed by atoms with E-state index in [2.05, 4.69) is 25.4 Å². The van der Waals surface area contributed by atoms with Crippen molar-refractivity contribution in [1.29, 1.82) is 5.26 Å². The molecule has 0 saturated heterocycles. The molecule has 0 aliphatic rings. The van der Waals surface area contributed by atoms with E-state index < -0.39 is 0 Å². The summed E-state index contributed by atoms with van der Waals surface area (Å²) in [6.45, 7) is 7.85. The molecule has 0 spiro atoms. The summed E-state index contributed by atoms with van der Waals surface area (Å²) in [4.78, 5) is 3.93. The van der Waals surface area contributed by atoms with Crippen LogP contribution in [0.4, 0.5) is 0 Å². The van der Waals surface area contributed by atoms with Crippen LogP contribution < -0.4 is 0 Å². The fourth-order valence-electron chi connectivity index (χ4n) is 0.748. The van der Waals surface area contributed by atoms with Gasteiger partial charge in [-0.2, -0.15) is 0 Å². The van der Waals surface area contributed by atoms with Crippen molar-refractivity contribution < 1.29 is 0 Å². The Labute approximate surface area is 67.5 Å². The summed E-state index contributed by atoms with van der Waals surface area (Å²) in [6, 6.07) is 4.09. The number of aromatic nitrogens is 1. The van der Waals surface area contributed by atoms with Crippen molar-refractivity contribution in [1.82, 2.24) is 4.98 Å². The molecule has 0 N–H and O–H groups in total. The Balaban J connectivity index is 0.000000461. The first kappa shape index (κ1) is 9.64. The third-order valence-corrected chi connectivity index (χ3v) is 1.37. The Morgan fingerprint density at radius 1 is 1.27 bits per heavy atom. The molecule has 0 atom stereocenters. The van der Waals surface area contributed by atoms with E-state index in [9.17, 15) is 0 Å². The van der Waals surface area contributed by atoms with E-state index in [-0.39, 0.29) is 0 Å². The molecule has 11 heavy (non-hydrogen) atoms. The van der Waals surface area contributed by atoms with Crippen LogP contribution in [-0.4, -0.2) is 4.98 Å². The largest absolute Gasteiger partial charge is 0.265 e. The lowest BCUT2D eigenvalue weighted by Gasteiger charge is -2.01. The van der Waals surface area contributed by atoms with Crippen LogP contribution in [0.3, 0.4) is 0 Å². The van der Waals surface area contributed by atoms with Gasteiger partial charge in [0.2, 0.25) is 0 Å². The normalized spacial score (nSPS) is 8.45. The van der Waals surface area contributed by atoms with E-state index in [4.69, 9.17) is 5.26 Å². The summed E-state index contributed by atoms with van der Waals surface area (Å²) >= 11 is 0. The summed E-state index contributed by atoms with van der Waals surface area (Å²) < 4.78 is 0. The standard InChI is InChI=1S/C8H11N.CHN/c1-7(2)8-3-5-9-6-4-8;1-2/h3-7H,1-2H3;1H. The van der Waals surface area contributed by atoms with Crippen molar-refractivity contribution in [2.45, 2.75) is 19.8 Å². The third-order valence-electron chi connectivity index (χ3n) is 1.37. The van der Waals surface area contributed by atoms with Gasteiger partial charge in [0.25, 0.3) is 0 Å². The lowest BCUT2D eigenvalue weighted by atomic mass is 10.1. The minimum atomic E-state index is 0.619. The Morgan fingerprint density at radius 3 is 2.00 bits per heavy atom. The van der Waals surface area contributed by atoms with Crippen LogP contribution in [0, 0.1) is 11.8 Å². The van der Waals surface area contributed by atoms with Crippen LogP contribution in [-0.2, 0) is 0 Å². The van der Waals surface area contributed by atoms with Crippen LogP contribution in [0.1, 0.15) is 25.3 Å². The van der Waals surface area contributed by atoms with Gasteiger partial charge in [-0.05, 0) is 23.6 Å². The first-order valence-electron chi connectivity index (χ1n) is 3.46. The molecule has 0 fully saturated rings. The van der Waals surface area contributed by atoms with E-state index in [0.717, 1.165) is 0 Å². The van der Waals surface area contributed by atoms with E-state index >= 15 is 0 Å². The van der Waals surface area contributed by atoms with Crippen molar-refractivity contribution in [2.75, 3.05) is 0 Å². The fraction of sp³-hybridized carbons (Fsp3) is 0.333. The van der Waals surface area contributed by atoms with Gasteiger partial charge in [-0.1, -0.05) is 13.8 Å². The molecular formula is C9H12N2. The van der Waals surface area contributed by atoms with Crippen molar-refractivity contribution in [3.05, 3.63) is 30.1 Å². The maximum Gasteiger partial charge on any atom is 0.0462 e. The maximum atomic E-state index is 6.50. The SMILES string of the molecule is C#N.CC(C)c1ccncc1. The molecule has 0 saturated carbocycles. The molecule has 0 aromatic carbocycles. The van der Waals surface area contributed by atoms with Gasteiger partial charge in [-0.25, -0.2) is 5.26 Å². The number of rotatable bonds is 1. The highest BCUT2D eigenvalue weighted by Gasteiger charge is 1.93. The van der Waals surface area contributed by atoms with Crippen molar-refractivity contribution >= 4 is 0 Å². The van der Waals surface area contributed by atoms with Crippen molar-refractivity contribution in [2.24, 2.45) is 0 Å². The first-order chi connectivity index (χ1) is 5.30.